The summed E-state index contributed by atoms with van der Waals surface area (Å²) in [5, 5.41) is 3.15. The second kappa shape index (κ2) is 6.59. The van der Waals surface area contributed by atoms with Gasteiger partial charge >= 0.3 is 12.3 Å². The molecule has 2 bridgehead atoms. The first-order valence-electron chi connectivity index (χ1n) is 8.68. The van der Waals surface area contributed by atoms with Crippen molar-refractivity contribution in [2.24, 2.45) is 5.92 Å². The lowest BCUT2D eigenvalue weighted by atomic mass is 9.76. The standard InChI is InChI=1S/C17H23F3N4O2/c1-16(2,3)26-15(25)24-9-10-4-5-12(24)11(6-10)23-14-8-21-13(7-22-14)17(18,19)20/h7-8,10-12H,4-6,9H2,1-3H3,(H,22,23)/t10?,11?,12-/m1/s1. The van der Waals surface area contributed by atoms with E-state index in [1.165, 1.54) is 0 Å². The largest absolute Gasteiger partial charge is 0.444 e. The molecule has 144 valence electrons. The number of nitrogens with one attached hydrogen (secondary N) is 1. The molecule has 1 amide bonds. The van der Waals surface area contributed by atoms with E-state index < -0.39 is 17.5 Å². The maximum atomic E-state index is 12.6. The lowest BCUT2D eigenvalue weighted by Gasteiger charge is -2.49. The zero-order chi connectivity index (χ0) is 19.1. The molecule has 1 N–H and O–H groups in total. The summed E-state index contributed by atoms with van der Waals surface area (Å²) in [6, 6.07) is -0.153. The fourth-order valence-electron chi connectivity index (χ4n) is 3.62. The van der Waals surface area contributed by atoms with Crippen LogP contribution in [0.4, 0.5) is 23.8 Å². The van der Waals surface area contributed by atoms with Crippen LogP contribution in [0.2, 0.25) is 0 Å². The monoisotopic (exact) mass is 372 g/mol. The van der Waals surface area contributed by atoms with Crippen LogP contribution in [-0.2, 0) is 10.9 Å². The highest BCUT2D eigenvalue weighted by Gasteiger charge is 2.44. The van der Waals surface area contributed by atoms with Gasteiger partial charge in [-0.1, -0.05) is 0 Å². The molecule has 0 spiro atoms. The van der Waals surface area contributed by atoms with Gasteiger partial charge in [-0.2, -0.15) is 13.2 Å². The van der Waals surface area contributed by atoms with Crippen LogP contribution in [-0.4, -0.2) is 45.2 Å². The Bertz CT molecular complexity index is 657. The number of rotatable bonds is 2. The van der Waals surface area contributed by atoms with Gasteiger partial charge in [0, 0.05) is 12.6 Å². The number of carbonyl (C=O) groups excluding carboxylic acids is 1. The molecule has 2 aliphatic heterocycles. The molecular weight excluding hydrogens is 349 g/mol. The Morgan fingerprint density at radius 3 is 2.50 bits per heavy atom. The Labute approximate surface area is 150 Å². The molecule has 2 saturated heterocycles. The predicted molar refractivity (Wildman–Crippen MR) is 88.5 cm³/mol. The van der Waals surface area contributed by atoms with Crippen LogP contribution in [0.1, 0.15) is 45.7 Å². The van der Waals surface area contributed by atoms with Crippen LogP contribution in [0.15, 0.2) is 12.4 Å². The third-order valence-corrected chi connectivity index (χ3v) is 4.68. The minimum Gasteiger partial charge on any atom is -0.444 e. The molecule has 0 radical (unpaired) electrons. The van der Waals surface area contributed by atoms with Gasteiger partial charge in [-0.3, -0.25) is 0 Å². The van der Waals surface area contributed by atoms with E-state index in [2.05, 4.69) is 15.3 Å². The van der Waals surface area contributed by atoms with E-state index in [4.69, 9.17) is 4.74 Å². The second-order valence-corrected chi connectivity index (χ2v) is 7.91. The number of hydrogen-bond donors (Lipinski definition) is 1. The van der Waals surface area contributed by atoms with E-state index in [1.54, 1.807) is 4.90 Å². The van der Waals surface area contributed by atoms with E-state index in [1.807, 2.05) is 20.8 Å². The number of hydrogen-bond acceptors (Lipinski definition) is 5. The van der Waals surface area contributed by atoms with Crippen molar-refractivity contribution in [3.05, 3.63) is 18.1 Å². The normalized spacial score (nSPS) is 25.9. The van der Waals surface area contributed by atoms with Crippen LogP contribution >= 0.6 is 0 Å². The first-order valence-corrected chi connectivity index (χ1v) is 8.68. The number of fused-ring (bicyclic) bond motifs is 3. The number of alkyl halides is 3. The van der Waals surface area contributed by atoms with Crippen molar-refractivity contribution in [3.8, 4) is 0 Å². The molecule has 1 aromatic heterocycles. The number of halogens is 3. The van der Waals surface area contributed by atoms with E-state index in [0.717, 1.165) is 31.7 Å². The number of carbonyl (C=O) groups is 1. The average Bonchev–Trinajstić information content (AvgIpc) is 2.53. The first-order chi connectivity index (χ1) is 12.0. The molecule has 3 atom stereocenters. The number of piperidine rings is 2. The summed E-state index contributed by atoms with van der Waals surface area (Å²) >= 11 is 0. The molecule has 26 heavy (non-hydrogen) atoms. The van der Waals surface area contributed by atoms with E-state index in [0.29, 0.717) is 12.5 Å². The fourth-order valence-corrected chi connectivity index (χ4v) is 3.62. The number of nitrogens with zero attached hydrogens (tertiary/aromatic N) is 3. The van der Waals surface area contributed by atoms with Crippen molar-refractivity contribution in [3.63, 3.8) is 0 Å². The van der Waals surface area contributed by atoms with Gasteiger partial charge in [-0.05, 0) is 46.0 Å². The van der Waals surface area contributed by atoms with Gasteiger partial charge in [0.2, 0.25) is 0 Å². The molecule has 1 aliphatic carbocycles. The van der Waals surface area contributed by atoms with Crippen LogP contribution in [0.3, 0.4) is 0 Å². The highest BCUT2D eigenvalue weighted by molar-refractivity contribution is 5.69. The Balaban J connectivity index is 1.70. The van der Waals surface area contributed by atoms with Crippen LogP contribution in [0, 0.1) is 5.92 Å². The Morgan fingerprint density at radius 2 is 1.96 bits per heavy atom. The van der Waals surface area contributed by atoms with Gasteiger partial charge in [-0.25, -0.2) is 14.8 Å². The number of aromatic nitrogens is 2. The molecule has 9 heteroatoms. The topological polar surface area (TPSA) is 67.3 Å². The third-order valence-electron chi connectivity index (χ3n) is 4.68. The highest BCUT2D eigenvalue weighted by atomic mass is 19.4. The van der Waals surface area contributed by atoms with Gasteiger partial charge in [0.25, 0.3) is 0 Å². The lowest BCUT2D eigenvalue weighted by molar-refractivity contribution is -0.141. The number of ether oxygens (including phenoxy) is 1. The molecule has 3 heterocycles. The number of anilines is 1. The summed E-state index contributed by atoms with van der Waals surface area (Å²) in [6.45, 7) is 6.11. The molecule has 1 aromatic rings. The second-order valence-electron chi connectivity index (χ2n) is 7.91. The Kier molecular flexibility index (Phi) is 4.74. The highest BCUT2D eigenvalue weighted by Crippen LogP contribution is 2.37. The summed E-state index contributed by atoms with van der Waals surface area (Å²) in [5.41, 5.74) is -1.60. The van der Waals surface area contributed by atoms with Crippen molar-refractivity contribution < 1.29 is 22.7 Å². The zero-order valence-corrected chi connectivity index (χ0v) is 15.0. The number of amides is 1. The van der Waals surface area contributed by atoms with Crippen molar-refractivity contribution in [2.75, 3.05) is 11.9 Å². The average molecular weight is 372 g/mol. The van der Waals surface area contributed by atoms with Crippen molar-refractivity contribution in [1.82, 2.24) is 14.9 Å². The molecule has 3 aliphatic rings. The smallest absolute Gasteiger partial charge is 0.434 e. The summed E-state index contributed by atoms with van der Waals surface area (Å²) in [5.74, 6) is 0.618. The minimum absolute atomic E-state index is 0.0704. The molecule has 2 unspecified atom stereocenters. The summed E-state index contributed by atoms with van der Waals surface area (Å²) in [6.07, 6.45) is -0.360. The summed E-state index contributed by atoms with van der Waals surface area (Å²) in [4.78, 5) is 21.5. The van der Waals surface area contributed by atoms with Gasteiger partial charge in [-0.15, -0.1) is 0 Å². The van der Waals surface area contributed by atoms with Gasteiger partial charge < -0.3 is 15.0 Å². The SMILES string of the molecule is CC(C)(C)OC(=O)N1CC2CC[C@@H]1C(Nc1cnc(C(F)(F)F)cn1)C2. The molecule has 6 nitrogen and oxygen atoms in total. The van der Waals surface area contributed by atoms with Gasteiger partial charge in [0.05, 0.1) is 18.4 Å². The summed E-state index contributed by atoms with van der Waals surface area (Å²) < 4.78 is 43.3. The molecule has 4 rings (SSSR count). The van der Waals surface area contributed by atoms with Crippen molar-refractivity contribution >= 4 is 11.9 Å². The van der Waals surface area contributed by atoms with Crippen LogP contribution < -0.4 is 5.32 Å². The Hall–Kier alpha value is -2.06. The zero-order valence-electron chi connectivity index (χ0n) is 15.0. The van der Waals surface area contributed by atoms with Crippen LogP contribution in [0.25, 0.3) is 0 Å². The minimum atomic E-state index is -4.51. The van der Waals surface area contributed by atoms with Gasteiger partial charge in [0.15, 0.2) is 5.69 Å². The molecule has 0 aromatic carbocycles. The van der Waals surface area contributed by atoms with Crippen LogP contribution in [0.5, 0.6) is 0 Å². The van der Waals surface area contributed by atoms with E-state index in [-0.39, 0.29) is 24.0 Å². The maximum Gasteiger partial charge on any atom is 0.434 e. The van der Waals surface area contributed by atoms with Crippen molar-refractivity contribution in [1.29, 1.82) is 0 Å². The predicted octanol–water partition coefficient (Wildman–Crippen LogP) is 3.70. The first kappa shape index (κ1) is 18.7. The quantitative estimate of drug-likeness (QED) is 0.858. The van der Waals surface area contributed by atoms with E-state index >= 15 is 0 Å². The van der Waals surface area contributed by atoms with E-state index in [9.17, 15) is 18.0 Å². The van der Waals surface area contributed by atoms with Gasteiger partial charge in [0.1, 0.15) is 11.4 Å². The molecule has 3 fully saturated rings. The lowest BCUT2D eigenvalue weighted by Crippen LogP contribution is -2.60. The third kappa shape index (κ3) is 4.19. The summed E-state index contributed by atoms with van der Waals surface area (Å²) in [7, 11) is 0. The Morgan fingerprint density at radius 1 is 1.23 bits per heavy atom. The fraction of sp³-hybridized carbons (Fsp3) is 0.706. The molecule has 1 saturated carbocycles. The van der Waals surface area contributed by atoms with Crippen molar-refractivity contribution in [2.45, 2.75) is 63.9 Å². The molecular formula is C17H23F3N4O2. The maximum absolute atomic E-state index is 12.6.